The summed E-state index contributed by atoms with van der Waals surface area (Å²) in [7, 11) is 0. The smallest absolute Gasteiger partial charge is 0.257 e. The lowest BCUT2D eigenvalue weighted by Crippen LogP contribution is -2.59. The summed E-state index contributed by atoms with van der Waals surface area (Å²) in [6.07, 6.45) is 2.99. The maximum Gasteiger partial charge on any atom is 0.257 e. The minimum absolute atomic E-state index is 0.00294. The number of likely N-dealkylation sites (tertiary alicyclic amines) is 4. The zero-order valence-electron chi connectivity index (χ0n) is 51.0. The fraction of sp³-hybridized carbons (Fsp3) is 0.556. The van der Waals surface area contributed by atoms with Crippen LogP contribution in [-0.4, -0.2) is 167 Å². The van der Waals surface area contributed by atoms with Crippen molar-refractivity contribution in [2.24, 2.45) is 11.5 Å². The third-order valence-electron chi connectivity index (χ3n) is 16.5. The SMILES string of the molecule is CC(C)N1CCC(C)(NC(=O)c2c(F)ccc(F)c2F)CC1.CC(C)N1CCC(NC(=O)c2c(F)cccc2Cl)C(O)C1.Cc1ccc(F)cc1C(=O)NC1CCN(C(C)C)CC1N.Cc1cccc(Cl)c1C(=O)NC1CCN(C(C)C)CC1N. The molecule has 4 fully saturated rings. The number of nitrogens with two attached hydrogens (primary N) is 2. The van der Waals surface area contributed by atoms with E-state index >= 15 is 0 Å². The van der Waals surface area contributed by atoms with E-state index < -0.39 is 58.1 Å². The summed E-state index contributed by atoms with van der Waals surface area (Å²) in [5.41, 5.74) is 13.4. The number of amides is 4. The molecule has 6 unspecified atom stereocenters. The number of nitrogens with one attached hydrogen (secondary N) is 4. The molecule has 9 N–H and O–H groups in total. The average Bonchev–Trinajstić information content (AvgIpc) is 2.96. The van der Waals surface area contributed by atoms with Crippen LogP contribution in [-0.2, 0) is 0 Å². The summed E-state index contributed by atoms with van der Waals surface area (Å²) in [6, 6.07) is 16.4. The second-order valence-electron chi connectivity index (χ2n) is 24.1. The Labute approximate surface area is 509 Å². The van der Waals surface area contributed by atoms with E-state index in [4.69, 9.17) is 34.7 Å². The van der Waals surface area contributed by atoms with Crippen LogP contribution < -0.4 is 32.7 Å². The molecule has 85 heavy (non-hydrogen) atoms. The number of rotatable bonds is 12. The second kappa shape index (κ2) is 32.1. The van der Waals surface area contributed by atoms with E-state index in [0.29, 0.717) is 72.2 Å². The number of aliphatic hydroxyl groups excluding tert-OH is 1. The summed E-state index contributed by atoms with van der Waals surface area (Å²) in [5, 5.41) is 22.1. The van der Waals surface area contributed by atoms with Crippen LogP contribution in [0.2, 0.25) is 10.0 Å². The molecule has 4 aliphatic heterocycles. The van der Waals surface area contributed by atoms with E-state index in [1.165, 1.54) is 30.3 Å². The summed E-state index contributed by atoms with van der Waals surface area (Å²) < 4.78 is 67.5. The van der Waals surface area contributed by atoms with Crippen molar-refractivity contribution >= 4 is 46.8 Å². The average molecular weight is 1230 g/mol. The molecule has 8 rings (SSSR count). The van der Waals surface area contributed by atoms with Crippen LogP contribution in [0.25, 0.3) is 0 Å². The standard InChI is InChI=1S/C16H24ClN3O.C16H21F3N2O.C16H24FN3O.C15H20ClFN2O2/c1-10(2)20-8-7-14(13(18)9-20)19-16(21)15-11(3)5-4-6-12(15)17;1-10(2)21-8-6-16(3,7-9-21)20-15(22)13-11(17)4-5-12(18)14(13)19;1-10(2)20-7-6-15(14(18)9-20)19-16(21)13-8-12(17)5-4-11(13)3;1-9(2)19-7-6-12(13(20)8-19)18-15(21)14-10(16)4-3-5-11(14)17/h4-6,10,13-14H,7-9,18H2,1-3H3,(H,19,21);4-5,10H,6-9H2,1-3H3,(H,20,22);4-5,8,10,14-15H,6-7,9,18H2,1-3H3,(H,19,21);3-5,9,12-13,20H,6-8H2,1-2H3,(H,18,21). The number of carbonyl (C=O) groups excluding carboxylic acids is 4. The molecule has 4 aliphatic rings. The van der Waals surface area contributed by atoms with E-state index in [9.17, 15) is 46.2 Å². The van der Waals surface area contributed by atoms with Gasteiger partial charge in [-0.2, -0.15) is 0 Å². The van der Waals surface area contributed by atoms with E-state index in [-0.39, 0.29) is 52.6 Å². The molecule has 0 aromatic heterocycles. The van der Waals surface area contributed by atoms with Crippen LogP contribution in [0.15, 0.2) is 66.7 Å². The van der Waals surface area contributed by atoms with Gasteiger partial charge in [-0.3, -0.25) is 33.9 Å². The molecule has 4 aromatic rings. The number of nitrogens with zero attached hydrogens (tertiary/aromatic N) is 4. The molecule has 0 saturated carbocycles. The van der Waals surface area contributed by atoms with Gasteiger partial charge in [-0.1, -0.05) is 47.5 Å². The molecule has 6 atom stereocenters. The normalized spacial score (nSPS) is 22.1. The van der Waals surface area contributed by atoms with Crippen molar-refractivity contribution in [3.63, 3.8) is 0 Å². The van der Waals surface area contributed by atoms with Gasteiger partial charge in [-0.15, -0.1) is 0 Å². The number of hydrogen-bond donors (Lipinski definition) is 7. The number of carbonyl (C=O) groups is 4. The second-order valence-corrected chi connectivity index (χ2v) is 24.9. The third-order valence-corrected chi connectivity index (χ3v) is 17.2. The van der Waals surface area contributed by atoms with Gasteiger partial charge in [0.25, 0.3) is 23.6 Å². The molecule has 4 aromatic carbocycles. The van der Waals surface area contributed by atoms with E-state index in [2.05, 4.69) is 96.3 Å². The number of benzene rings is 4. The minimum Gasteiger partial charge on any atom is -0.390 e. The first-order valence-electron chi connectivity index (χ1n) is 29.4. The van der Waals surface area contributed by atoms with Gasteiger partial charge < -0.3 is 42.7 Å². The van der Waals surface area contributed by atoms with Gasteiger partial charge in [-0.05, 0) is 162 Å². The zero-order valence-corrected chi connectivity index (χ0v) is 52.5. The summed E-state index contributed by atoms with van der Waals surface area (Å²) >= 11 is 12.0. The summed E-state index contributed by atoms with van der Waals surface area (Å²) in [5.74, 6) is -6.65. The van der Waals surface area contributed by atoms with Gasteiger partial charge in [0.05, 0.1) is 33.3 Å². The Morgan fingerprint density at radius 3 is 1.48 bits per heavy atom. The lowest BCUT2D eigenvalue weighted by molar-refractivity contribution is 0.0262. The van der Waals surface area contributed by atoms with Gasteiger partial charge in [0.1, 0.15) is 23.0 Å². The Balaban J connectivity index is 0.000000207. The largest absolute Gasteiger partial charge is 0.390 e. The van der Waals surface area contributed by atoms with Crippen molar-refractivity contribution in [1.29, 1.82) is 0 Å². The number of hydrogen-bond acceptors (Lipinski definition) is 11. The molecule has 0 bridgehead atoms. The molecular formula is C63H89Cl2F5N10O5. The van der Waals surface area contributed by atoms with Gasteiger partial charge in [-0.25, -0.2) is 22.0 Å². The Morgan fingerprint density at radius 2 is 0.988 bits per heavy atom. The third kappa shape index (κ3) is 19.9. The number of piperidine rings is 4. The monoisotopic (exact) mass is 1230 g/mol. The predicted molar refractivity (Wildman–Crippen MR) is 327 cm³/mol. The molecule has 470 valence electrons. The van der Waals surface area contributed by atoms with Crippen molar-refractivity contribution in [2.45, 2.75) is 174 Å². The highest BCUT2D eigenvalue weighted by atomic mass is 35.5. The van der Waals surface area contributed by atoms with Gasteiger partial charge in [0, 0.05) is 112 Å². The Bertz CT molecular complexity index is 2760. The van der Waals surface area contributed by atoms with Crippen LogP contribution in [0.3, 0.4) is 0 Å². The molecule has 15 nitrogen and oxygen atoms in total. The Kier molecular flexibility index (Phi) is 26.6. The molecule has 22 heteroatoms. The van der Waals surface area contributed by atoms with Crippen LogP contribution in [0.5, 0.6) is 0 Å². The van der Waals surface area contributed by atoms with E-state index in [1.807, 2.05) is 26.0 Å². The quantitative estimate of drug-likeness (QED) is 0.0527. The molecule has 0 aliphatic carbocycles. The first-order valence-corrected chi connectivity index (χ1v) is 30.2. The summed E-state index contributed by atoms with van der Waals surface area (Å²) in [6.45, 7) is 28.8. The first-order chi connectivity index (χ1) is 39.9. The molecular weight excluding hydrogens is 1140 g/mol. The van der Waals surface area contributed by atoms with Crippen molar-refractivity contribution < 1.29 is 46.2 Å². The molecule has 4 heterocycles. The van der Waals surface area contributed by atoms with E-state index in [1.54, 1.807) is 19.1 Å². The first kappa shape index (κ1) is 70.5. The van der Waals surface area contributed by atoms with Crippen LogP contribution in [0.1, 0.15) is 147 Å². The van der Waals surface area contributed by atoms with Crippen LogP contribution in [0, 0.1) is 42.9 Å². The lowest BCUT2D eigenvalue weighted by atomic mass is 9.88. The van der Waals surface area contributed by atoms with Gasteiger partial charge >= 0.3 is 0 Å². The highest BCUT2D eigenvalue weighted by Crippen LogP contribution is 2.27. The minimum atomic E-state index is -1.44. The predicted octanol–water partition coefficient (Wildman–Crippen LogP) is 9.01. The topological polar surface area (TPSA) is 202 Å². The number of aliphatic hydroxyl groups is 1. The fourth-order valence-electron chi connectivity index (χ4n) is 10.8. The maximum absolute atomic E-state index is 13.7. The van der Waals surface area contributed by atoms with Crippen molar-refractivity contribution in [3.8, 4) is 0 Å². The number of aryl methyl sites for hydroxylation is 2. The van der Waals surface area contributed by atoms with Crippen molar-refractivity contribution in [3.05, 3.63) is 139 Å². The van der Waals surface area contributed by atoms with E-state index in [0.717, 1.165) is 75.8 Å². The number of halogens is 7. The van der Waals surface area contributed by atoms with Crippen molar-refractivity contribution in [2.75, 3.05) is 52.4 Å². The Hall–Kier alpha value is -5.29. The summed E-state index contributed by atoms with van der Waals surface area (Å²) in [4.78, 5) is 58.1. The van der Waals surface area contributed by atoms with Gasteiger partial charge in [0.15, 0.2) is 11.6 Å². The zero-order chi connectivity index (χ0) is 63.2. The molecule has 4 saturated heterocycles. The van der Waals surface area contributed by atoms with Gasteiger partial charge in [0.2, 0.25) is 0 Å². The molecule has 0 spiro atoms. The highest BCUT2D eigenvalue weighted by Gasteiger charge is 2.36. The Morgan fingerprint density at radius 1 is 0.541 bits per heavy atom. The fourth-order valence-corrected chi connectivity index (χ4v) is 11.4. The molecule has 4 amide bonds. The van der Waals surface area contributed by atoms with Crippen LogP contribution in [0.4, 0.5) is 22.0 Å². The lowest BCUT2D eigenvalue weighted by Gasteiger charge is -2.41. The highest BCUT2D eigenvalue weighted by molar-refractivity contribution is 6.34. The van der Waals surface area contributed by atoms with Crippen molar-refractivity contribution in [1.82, 2.24) is 40.9 Å². The maximum atomic E-state index is 13.7. The number of β-amino-alcohol motifs (C(OH)–C–C–N with tert-alkyl or cyclic N) is 1. The van der Waals surface area contributed by atoms with Crippen LogP contribution >= 0.6 is 23.2 Å². The molecule has 0 radical (unpaired) electrons.